The van der Waals surface area contributed by atoms with Gasteiger partial charge in [-0.15, -0.1) is 0 Å². The molecule has 7 heteroatoms. The first-order chi connectivity index (χ1) is 10.4. The van der Waals surface area contributed by atoms with Crippen LogP contribution in [0.2, 0.25) is 0 Å². The van der Waals surface area contributed by atoms with Crippen LogP contribution >= 0.6 is 0 Å². The van der Waals surface area contributed by atoms with Crippen LogP contribution in [0.3, 0.4) is 0 Å². The molecule has 0 aliphatic carbocycles. The van der Waals surface area contributed by atoms with E-state index in [1.807, 2.05) is 0 Å². The van der Waals surface area contributed by atoms with Crippen molar-refractivity contribution >= 4 is 5.78 Å². The van der Waals surface area contributed by atoms with Crippen molar-refractivity contribution in [2.24, 2.45) is 0 Å². The van der Waals surface area contributed by atoms with E-state index < -0.39 is 35.2 Å². The molecule has 2 atom stereocenters. The lowest BCUT2D eigenvalue weighted by atomic mass is 9.93. The van der Waals surface area contributed by atoms with Crippen LogP contribution in [-0.4, -0.2) is 37.4 Å². The van der Waals surface area contributed by atoms with E-state index in [2.05, 4.69) is 0 Å². The average molecular weight is 304 g/mol. The Balaban J connectivity index is 2.08. The predicted molar refractivity (Wildman–Crippen MR) is 73.2 cm³/mol. The van der Waals surface area contributed by atoms with Gasteiger partial charge in [0.15, 0.2) is 35.2 Å². The molecule has 5 N–H and O–H groups in total. The molecule has 2 aromatic rings. The Bertz CT molecular complexity index is 745. The molecule has 0 bridgehead atoms. The van der Waals surface area contributed by atoms with Crippen molar-refractivity contribution in [1.82, 2.24) is 0 Å². The zero-order chi connectivity index (χ0) is 16.0. The number of phenols is 4. The first-order valence-electron chi connectivity index (χ1n) is 6.35. The van der Waals surface area contributed by atoms with Gasteiger partial charge < -0.3 is 30.3 Å². The third-order valence-corrected chi connectivity index (χ3v) is 3.46. The van der Waals surface area contributed by atoms with Gasteiger partial charge in [0, 0.05) is 11.6 Å². The van der Waals surface area contributed by atoms with Crippen LogP contribution in [0.25, 0.3) is 0 Å². The highest BCUT2D eigenvalue weighted by Gasteiger charge is 2.37. The third-order valence-electron chi connectivity index (χ3n) is 3.46. The fourth-order valence-electron chi connectivity index (χ4n) is 2.35. The molecule has 1 aliphatic rings. The molecule has 114 valence electrons. The van der Waals surface area contributed by atoms with Gasteiger partial charge in [0.05, 0.1) is 5.56 Å². The Labute approximate surface area is 124 Å². The quantitative estimate of drug-likeness (QED) is 0.501. The molecule has 0 saturated carbocycles. The first kappa shape index (κ1) is 14.0. The Morgan fingerprint density at radius 2 is 1.59 bits per heavy atom. The number of aromatic hydroxyl groups is 4. The van der Waals surface area contributed by atoms with Crippen molar-refractivity contribution in [3.8, 4) is 28.7 Å². The number of phenolic OH excluding ortho intramolecular Hbond substituents is 4. The molecule has 22 heavy (non-hydrogen) atoms. The topological polar surface area (TPSA) is 127 Å². The van der Waals surface area contributed by atoms with Crippen molar-refractivity contribution in [3.05, 3.63) is 41.5 Å². The zero-order valence-corrected chi connectivity index (χ0v) is 11.1. The smallest absolute Gasteiger partial charge is 0.200 e. The summed E-state index contributed by atoms with van der Waals surface area (Å²) in [5.41, 5.74) is 0.219. The predicted octanol–water partition coefficient (Wildman–Crippen LogP) is 1.19. The van der Waals surface area contributed by atoms with Crippen LogP contribution in [0.15, 0.2) is 30.3 Å². The van der Waals surface area contributed by atoms with E-state index in [0.29, 0.717) is 0 Å². The first-order valence-corrected chi connectivity index (χ1v) is 6.35. The number of aliphatic hydroxyl groups excluding tert-OH is 1. The molecule has 0 radical (unpaired) electrons. The molecule has 0 aromatic heterocycles. The van der Waals surface area contributed by atoms with Crippen molar-refractivity contribution < 1.29 is 35.1 Å². The summed E-state index contributed by atoms with van der Waals surface area (Å²) in [6.45, 7) is 0. The van der Waals surface area contributed by atoms with Gasteiger partial charge in [0.2, 0.25) is 0 Å². The second-order valence-electron chi connectivity index (χ2n) is 4.94. The number of aliphatic hydroxyl groups is 1. The van der Waals surface area contributed by atoms with Gasteiger partial charge in [-0.05, 0) is 24.3 Å². The molecule has 1 heterocycles. The van der Waals surface area contributed by atoms with E-state index in [9.17, 15) is 30.3 Å². The van der Waals surface area contributed by atoms with Crippen LogP contribution < -0.4 is 4.74 Å². The van der Waals surface area contributed by atoms with E-state index in [1.165, 1.54) is 18.2 Å². The molecule has 0 fully saturated rings. The molecule has 7 nitrogen and oxygen atoms in total. The number of benzene rings is 2. The number of carbonyl (C=O) groups is 1. The Morgan fingerprint density at radius 1 is 0.955 bits per heavy atom. The van der Waals surface area contributed by atoms with Crippen LogP contribution in [0.5, 0.6) is 28.7 Å². The Morgan fingerprint density at radius 3 is 2.23 bits per heavy atom. The number of fused-ring (bicyclic) bond motifs is 1. The van der Waals surface area contributed by atoms with Gasteiger partial charge in [-0.1, -0.05) is 0 Å². The molecule has 1 aliphatic heterocycles. The van der Waals surface area contributed by atoms with Gasteiger partial charge in [-0.3, -0.25) is 4.79 Å². The second-order valence-corrected chi connectivity index (χ2v) is 4.94. The Kier molecular flexibility index (Phi) is 3.07. The number of rotatable bonds is 1. The lowest BCUT2D eigenvalue weighted by Gasteiger charge is -2.30. The summed E-state index contributed by atoms with van der Waals surface area (Å²) in [5.74, 6) is -2.58. The Hall–Kier alpha value is -2.93. The molecule has 0 spiro atoms. The maximum atomic E-state index is 12.2. The van der Waals surface area contributed by atoms with Crippen LogP contribution in [0.1, 0.15) is 22.0 Å². The average Bonchev–Trinajstić information content (AvgIpc) is 2.47. The van der Waals surface area contributed by atoms with Crippen LogP contribution in [0.4, 0.5) is 0 Å². The number of ketones is 1. The minimum Gasteiger partial charge on any atom is -0.508 e. The summed E-state index contributed by atoms with van der Waals surface area (Å²) < 4.78 is 5.50. The summed E-state index contributed by atoms with van der Waals surface area (Å²) in [4.78, 5) is 12.2. The molecule has 0 unspecified atom stereocenters. The summed E-state index contributed by atoms with van der Waals surface area (Å²) in [6.07, 6.45) is -2.75. The van der Waals surface area contributed by atoms with Gasteiger partial charge >= 0.3 is 0 Å². The normalized spacial score (nSPS) is 20.3. The van der Waals surface area contributed by atoms with E-state index >= 15 is 0 Å². The summed E-state index contributed by atoms with van der Waals surface area (Å²) in [7, 11) is 0. The number of hydrogen-bond acceptors (Lipinski definition) is 7. The number of Topliss-reactive ketones (excluding diaryl/α,β-unsaturated/α-hetero) is 1. The maximum absolute atomic E-state index is 12.2. The largest absolute Gasteiger partial charge is 0.508 e. The number of hydrogen-bond donors (Lipinski definition) is 5. The summed E-state index contributed by atoms with van der Waals surface area (Å²) >= 11 is 0. The van der Waals surface area contributed by atoms with Crippen LogP contribution in [0, 0.1) is 0 Å². The molecule has 0 saturated heterocycles. The number of carbonyl (C=O) groups excluding carboxylic acids is 1. The maximum Gasteiger partial charge on any atom is 0.200 e. The lowest BCUT2D eigenvalue weighted by molar-refractivity contribution is 0.0214. The van der Waals surface area contributed by atoms with Gasteiger partial charge in [-0.2, -0.15) is 0 Å². The highest BCUT2D eigenvalue weighted by molar-refractivity contribution is 6.03. The van der Waals surface area contributed by atoms with E-state index in [1.54, 1.807) is 0 Å². The summed E-state index contributed by atoms with van der Waals surface area (Å²) in [6, 6.07) is 6.00. The SMILES string of the molecule is O=C1c2ccc(O)cc2O[C@H](c2cc(O)c(O)c(O)c2)[C@@H]1O. The standard InChI is InChI=1S/C15H12O7/c16-7-1-2-8-11(5-7)22-15(14(21)12(8)19)6-3-9(17)13(20)10(18)4-6/h1-5,14-18,20-21H/t14-,15-/m1/s1. The van der Waals surface area contributed by atoms with Gasteiger partial charge in [-0.25, -0.2) is 0 Å². The second kappa shape index (κ2) is 4.81. The fraction of sp³-hybridized carbons (Fsp3) is 0.133. The van der Waals surface area contributed by atoms with E-state index in [0.717, 1.165) is 12.1 Å². The third kappa shape index (κ3) is 2.08. The van der Waals surface area contributed by atoms with Crippen molar-refractivity contribution in [2.45, 2.75) is 12.2 Å². The van der Waals surface area contributed by atoms with Crippen molar-refractivity contribution in [3.63, 3.8) is 0 Å². The minimum atomic E-state index is -1.56. The monoisotopic (exact) mass is 304 g/mol. The number of ether oxygens (including phenoxy) is 1. The molecular formula is C15H12O7. The molecule has 3 rings (SSSR count). The van der Waals surface area contributed by atoms with E-state index in [-0.39, 0.29) is 22.6 Å². The van der Waals surface area contributed by atoms with Crippen molar-refractivity contribution in [2.75, 3.05) is 0 Å². The van der Waals surface area contributed by atoms with Gasteiger partial charge in [0.25, 0.3) is 0 Å². The lowest BCUT2D eigenvalue weighted by Crippen LogP contribution is -2.36. The summed E-state index contributed by atoms with van der Waals surface area (Å²) in [5, 5.41) is 48.0. The van der Waals surface area contributed by atoms with E-state index in [4.69, 9.17) is 4.74 Å². The molecular weight excluding hydrogens is 292 g/mol. The minimum absolute atomic E-state index is 0.0763. The zero-order valence-electron chi connectivity index (χ0n) is 11.1. The van der Waals surface area contributed by atoms with Crippen molar-refractivity contribution in [1.29, 1.82) is 0 Å². The highest BCUT2D eigenvalue weighted by atomic mass is 16.5. The molecule has 0 amide bonds. The fourth-order valence-corrected chi connectivity index (χ4v) is 2.35. The van der Waals surface area contributed by atoms with Gasteiger partial charge in [0.1, 0.15) is 11.5 Å². The highest BCUT2D eigenvalue weighted by Crippen LogP contribution is 2.42. The van der Waals surface area contributed by atoms with Crippen LogP contribution in [-0.2, 0) is 0 Å². The molecule has 2 aromatic carbocycles.